The zero-order chi connectivity index (χ0) is 16.8. The average Bonchev–Trinajstić information content (AvgIpc) is 2.50. The Morgan fingerprint density at radius 2 is 1.87 bits per heavy atom. The third-order valence-corrected chi connectivity index (χ3v) is 4.17. The first kappa shape index (κ1) is 17.9. The second-order valence-corrected chi connectivity index (χ2v) is 6.83. The second-order valence-electron chi connectivity index (χ2n) is 6.83. The number of halogens is 1. The van der Waals surface area contributed by atoms with E-state index in [4.69, 9.17) is 0 Å². The summed E-state index contributed by atoms with van der Waals surface area (Å²) in [4.78, 5) is 16.7. The maximum Gasteiger partial charge on any atom is 0.234 e. The van der Waals surface area contributed by atoms with E-state index in [0.29, 0.717) is 24.6 Å². The summed E-state index contributed by atoms with van der Waals surface area (Å²) >= 11 is 0. The first-order chi connectivity index (χ1) is 10.9. The molecule has 1 amide bonds. The minimum Gasteiger partial charge on any atom is -0.351 e. The summed E-state index contributed by atoms with van der Waals surface area (Å²) < 4.78 is 13.2. The first-order valence-electron chi connectivity index (χ1n) is 8.40. The van der Waals surface area contributed by atoms with Gasteiger partial charge >= 0.3 is 0 Å². The number of nitrogens with one attached hydrogen (secondary N) is 1. The Kier molecular flexibility index (Phi) is 6.54. The van der Waals surface area contributed by atoms with Gasteiger partial charge in [-0.1, -0.05) is 26.0 Å². The largest absolute Gasteiger partial charge is 0.351 e. The summed E-state index contributed by atoms with van der Waals surface area (Å²) in [5.74, 6) is 0.507. The Balaban J connectivity index is 1.70. The average molecular weight is 321 g/mol. The van der Waals surface area contributed by atoms with E-state index in [9.17, 15) is 9.18 Å². The molecule has 0 aromatic heterocycles. The Morgan fingerprint density at radius 1 is 1.22 bits per heavy atom. The van der Waals surface area contributed by atoms with Gasteiger partial charge in [0.1, 0.15) is 5.82 Å². The summed E-state index contributed by atoms with van der Waals surface area (Å²) in [6.45, 7) is 12.2. The predicted octanol–water partition coefficient (Wildman–Crippen LogP) is 2.02. The number of carbonyl (C=O) groups excluding carboxylic acids is 1. The SMILES string of the molecule is Cc1cc(CNC(=O)CN2CCN(CC(C)C)CC2)ccc1F. The van der Waals surface area contributed by atoms with Crippen molar-refractivity contribution < 1.29 is 9.18 Å². The Morgan fingerprint density at radius 3 is 2.48 bits per heavy atom. The molecule has 0 bridgehead atoms. The van der Waals surface area contributed by atoms with E-state index in [0.717, 1.165) is 38.3 Å². The Bertz CT molecular complexity index is 525. The van der Waals surface area contributed by atoms with Crippen LogP contribution in [0.15, 0.2) is 18.2 Å². The highest BCUT2D eigenvalue weighted by molar-refractivity contribution is 5.78. The van der Waals surface area contributed by atoms with Crippen LogP contribution < -0.4 is 5.32 Å². The van der Waals surface area contributed by atoms with Gasteiger partial charge in [-0.25, -0.2) is 4.39 Å². The predicted molar refractivity (Wildman–Crippen MR) is 90.7 cm³/mol. The molecular weight excluding hydrogens is 293 g/mol. The van der Waals surface area contributed by atoms with Crippen LogP contribution in [0.3, 0.4) is 0 Å². The third kappa shape index (κ3) is 5.92. The maximum atomic E-state index is 13.2. The van der Waals surface area contributed by atoms with Crippen molar-refractivity contribution >= 4 is 5.91 Å². The van der Waals surface area contributed by atoms with E-state index >= 15 is 0 Å². The molecule has 5 heteroatoms. The van der Waals surface area contributed by atoms with Crippen molar-refractivity contribution in [2.75, 3.05) is 39.3 Å². The zero-order valence-corrected chi connectivity index (χ0v) is 14.4. The minimum absolute atomic E-state index is 0.0317. The van der Waals surface area contributed by atoms with E-state index in [1.807, 2.05) is 0 Å². The van der Waals surface area contributed by atoms with Gasteiger partial charge in [0.15, 0.2) is 0 Å². The third-order valence-electron chi connectivity index (χ3n) is 4.17. The molecule has 0 aliphatic carbocycles. The molecule has 2 rings (SSSR count). The summed E-state index contributed by atoms with van der Waals surface area (Å²) in [5, 5.41) is 2.92. The molecule has 1 saturated heterocycles. The smallest absolute Gasteiger partial charge is 0.234 e. The number of benzene rings is 1. The van der Waals surface area contributed by atoms with Gasteiger partial charge in [-0.05, 0) is 30.0 Å². The number of piperazine rings is 1. The molecule has 1 heterocycles. The molecule has 128 valence electrons. The zero-order valence-electron chi connectivity index (χ0n) is 14.4. The molecule has 1 aliphatic heterocycles. The van der Waals surface area contributed by atoms with Gasteiger partial charge in [-0.2, -0.15) is 0 Å². The molecule has 0 atom stereocenters. The van der Waals surface area contributed by atoms with Crippen molar-refractivity contribution in [2.45, 2.75) is 27.3 Å². The molecule has 1 N–H and O–H groups in total. The number of aryl methyl sites for hydroxylation is 1. The van der Waals surface area contributed by atoms with Crippen LogP contribution in [0.5, 0.6) is 0 Å². The highest BCUT2D eigenvalue weighted by Crippen LogP contribution is 2.09. The highest BCUT2D eigenvalue weighted by Gasteiger charge is 2.19. The normalized spacial score (nSPS) is 16.7. The van der Waals surface area contributed by atoms with Gasteiger partial charge in [-0.3, -0.25) is 9.69 Å². The van der Waals surface area contributed by atoms with Gasteiger partial charge in [0, 0.05) is 39.3 Å². The molecule has 0 spiro atoms. The molecule has 1 aliphatic rings. The van der Waals surface area contributed by atoms with Crippen LogP contribution in [0.25, 0.3) is 0 Å². The van der Waals surface area contributed by atoms with Crippen molar-refractivity contribution in [1.29, 1.82) is 0 Å². The van der Waals surface area contributed by atoms with Gasteiger partial charge < -0.3 is 10.2 Å². The van der Waals surface area contributed by atoms with Crippen molar-refractivity contribution in [3.05, 3.63) is 35.1 Å². The first-order valence-corrected chi connectivity index (χ1v) is 8.40. The summed E-state index contributed by atoms with van der Waals surface area (Å²) in [7, 11) is 0. The monoisotopic (exact) mass is 321 g/mol. The van der Waals surface area contributed by atoms with Crippen LogP contribution in [0.2, 0.25) is 0 Å². The molecule has 0 radical (unpaired) electrons. The van der Waals surface area contributed by atoms with Crippen LogP contribution in [0.1, 0.15) is 25.0 Å². The van der Waals surface area contributed by atoms with E-state index < -0.39 is 0 Å². The van der Waals surface area contributed by atoms with Gasteiger partial charge in [0.05, 0.1) is 6.54 Å². The molecule has 1 aromatic rings. The molecule has 23 heavy (non-hydrogen) atoms. The van der Waals surface area contributed by atoms with Crippen LogP contribution >= 0.6 is 0 Å². The number of nitrogens with zero attached hydrogens (tertiary/aromatic N) is 2. The molecule has 0 saturated carbocycles. The fourth-order valence-electron chi connectivity index (χ4n) is 2.92. The molecule has 1 fully saturated rings. The lowest BCUT2D eigenvalue weighted by atomic mass is 10.1. The Hall–Kier alpha value is -1.46. The molecule has 1 aromatic carbocycles. The quantitative estimate of drug-likeness (QED) is 0.871. The lowest BCUT2D eigenvalue weighted by molar-refractivity contribution is -0.122. The summed E-state index contributed by atoms with van der Waals surface area (Å²) in [5.41, 5.74) is 1.54. The molecule has 0 unspecified atom stereocenters. The number of hydrogen-bond donors (Lipinski definition) is 1. The van der Waals surface area contributed by atoms with Crippen LogP contribution in [0.4, 0.5) is 4.39 Å². The van der Waals surface area contributed by atoms with E-state index in [1.54, 1.807) is 19.1 Å². The van der Waals surface area contributed by atoms with Gasteiger partial charge in [0.2, 0.25) is 5.91 Å². The van der Waals surface area contributed by atoms with Crippen molar-refractivity contribution in [1.82, 2.24) is 15.1 Å². The van der Waals surface area contributed by atoms with Crippen LogP contribution in [-0.4, -0.2) is 55.0 Å². The fourth-order valence-corrected chi connectivity index (χ4v) is 2.92. The lowest BCUT2D eigenvalue weighted by Crippen LogP contribution is -2.50. The van der Waals surface area contributed by atoms with Gasteiger partial charge in [-0.15, -0.1) is 0 Å². The molecule has 4 nitrogen and oxygen atoms in total. The standard InChI is InChI=1S/C18H28FN3O/c1-14(2)12-21-6-8-22(9-7-21)13-18(23)20-11-16-4-5-17(19)15(3)10-16/h4-5,10,14H,6-9,11-13H2,1-3H3,(H,20,23). The number of amides is 1. The fraction of sp³-hybridized carbons (Fsp3) is 0.611. The van der Waals surface area contributed by atoms with Crippen LogP contribution in [-0.2, 0) is 11.3 Å². The lowest BCUT2D eigenvalue weighted by Gasteiger charge is -2.35. The van der Waals surface area contributed by atoms with E-state index in [-0.39, 0.29) is 11.7 Å². The summed E-state index contributed by atoms with van der Waals surface area (Å²) in [6.07, 6.45) is 0. The van der Waals surface area contributed by atoms with Gasteiger partial charge in [0.25, 0.3) is 0 Å². The number of carbonyl (C=O) groups is 1. The minimum atomic E-state index is -0.209. The Labute approximate surface area is 138 Å². The maximum absolute atomic E-state index is 13.2. The number of hydrogen-bond acceptors (Lipinski definition) is 3. The topological polar surface area (TPSA) is 35.6 Å². The van der Waals surface area contributed by atoms with Crippen molar-refractivity contribution in [3.63, 3.8) is 0 Å². The highest BCUT2D eigenvalue weighted by atomic mass is 19.1. The molecular formula is C18H28FN3O. The number of rotatable bonds is 6. The van der Waals surface area contributed by atoms with E-state index in [2.05, 4.69) is 29.0 Å². The second kappa shape index (κ2) is 8.41. The van der Waals surface area contributed by atoms with Crippen molar-refractivity contribution in [3.8, 4) is 0 Å². The van der Waals surface area contributed by atoms with Crippen LogP contribution in [0, 0.1) is 18.7 Å². The van der Waals surface area contributed by atoms with E-state index in [1.165, 1.54) is 6.07 Å². The summed E-state index contributed by atoms with van der Waals surface area (Å²) in [6, 6.07) is 4.94. The van der Waals surface area contributed by atoms with Crippen molar-refractivity contribution in [2.24, 2.45) is 5.92 Å².